The SMILES string of the molecule is Cc1ccc(Cl)cc1N1CCC(CNC(=O)NCc2ccc(F)cc2)C1. The van der Waals surface area contributed by atoms with E-state index in [0.717, 1.165) is 30.1 Å². The van der Waals surface area contributed by atoms with Gasteiger partial charge < -0.3 is 15.5 Å². The van der Waals surface area contributed by atoms with Crippen molar-refractivity contribution in [3.05, 3.63) is 64.4 Å². The largest absolute Gasteiger partial charge is 0.371 e. The number of benzene rings is 2. The van der Waals surface area contributed by atoms with Gasteiger partial charge in [0.15, 0.2) is 0 Å². The van der Waals surface area contributed by atoms with Crippen LogP contribution in [0.5, 0.6) is 0 Å². The Morgan fingerprint density at radius 2 is 2.00 bits per heavy atom. The van der Waals surface area contributed by atoms with Gasteiger partial charge in [-0.2, -0.15) is 0 Å². The Kier molecular flexibility index (Phi) is 5.99. The maximum Gasteiger partial charge on any atom is 0.315 e. The molecule has 138 valence electrons. The van der Waals surface area contributed by atoms with Crippen molar-refractivity contribution in [2.45, 2.75) is 19.9 Å². The van der Waals surface area contributed by atoms with Crippen molar-refractivity contribution >= 4 is 23.3 Å². The van der Waals surface area contributed by atoms with Gasteiger partial charge in [0, 0.05) is 36.9 Å². The molecule has 4 nitrogen and oxygen atoms in total. The number of anilines is 1. The Morgan fingerprint density at radius 3 is 2.77 bits per heavy atom. The van der Waals surface area contributed by atoms with Crippen LogP contribution in [0, 0.1) is 18.7 Å². The first-order valence-electron chi connectivity index (χ1n) is 8.78. The Balaban J connectivity index is 1.43. The fourth-order valence-electron chi connectivity index (χ4n) is 3.23. The highest BCUT2D eigenvalue weighted by Crippen LogP contribution is 2.29. The number of nitrogens with zero attached hydrogens (tertiary/aromatic N) is 1. The summed E-state index contributed by atoms with van der Waals surface area (Å²) in [6, 6.07) is 11.8. The van der Waals surface area contributed by atoms with Crippen LogP contribution in [0.25, 0.3) is 0 Å². The first-order valence-corrected chi connectivity index (χ1v) is 9.16. The highest BCUT2D eigenvalue weighted by atomic mass is 35.5. The van der Waals surface area contributed by atoms with E-state index in [-0.39, 0.29) is 11.8 Å². The Labute approximate surface area is 158 Å². The molecule has 1 fully saturated rings. The Morgan fingerprint density at radius 1 is 1.23 bits per heavy atom. The molecule has 2 aromatic rings. The molecule has 0 aromatic heterocycles. The standard InChI is InChI=1S/C20H23ClFN3O/c1-14-2-5-17(21)10-19(14)25-9-8-16(13-25)12-24-20(26)23-11-15-3-6-18(22)7-4-15/h2-7,10,16H,8-9,11-13H2,1H3,(H2,23,24,26). The van der Waals surface area contributed by atoms with E-state index < -0.39 is 0 Å². The summed E-state index contributed by atoms with van der Waals surface area (Å²) in [7, 11) is 0. The van der Waals surface area contributed by atoms with Crippen molar-refractivity contribution in [3.8, 4) is 0 Å². The van der Waals surface area contributed by atoms with E-state index >= 15 is 0 Å². The minimum absolute atomic E-state index is 0.202. The zero-order chi connectivity index (χ0) is 18.5. The number of hydrogen-bond acceptors (Lipinski definition) is 2. The van der Waals surface area contributed by atoms with Crippen molar-refractivity contribution in [2.75, 3.05) is 24.5 Å². The number of nitrogens with one attached hydrogen (secondary N) is 2. The van der Waals surface area contributed by atoms with Crippen LogP contribution in [0.4, 0.5) is 14.9 Å². The van der Waals surface area contributed by atoms with Crippen molar-refractivity contribution in [1.82, 2.24) is 10.6 Å². The molecule has 0 aliphatic carbocycles. The van der Waals surface area contributed by atoms with Crippen LogP contribution in [0.1, 0.15) is 17.5 Å². The molecule has 0 saturated carbocycles. The summed E-state index contributed by atoms with van der Waals surface area (Å²) in [5.74, 6) is 0.129. The lowest BCUT2D eigenvalue weighted by molar-refractivity contribution is 0.239. The number of urea groups is 1. The van der Waals surface area contributed by atoms with Gasteiger partial charge in [0.25, 0.3) is 0 Å². The van der Waals surface area contributed by atoms with Gasteiger partial charge in [0.2, 0.25) is 0 Å². The molecule has 1 saturated heterocycles. The van der Waals surface area contributed by atoms with E-state index in [9.17, 15) is 9.18 Å². The first-order chi connectivity index (χ1) is 12.5. The number of halogens is 2. The molecule has 1 aliphatic rings. The molecule has 0 spiro atoms. The third kappa shape index (κ3) is 4.88. The second kappa shape index (κ2) is 8.41. The van der Waals surface area contributed by atoms with Gasteiger partial charge in [-0.15, -0.1) is 0 Å². The van der Waals surface area contributed by atoms with Gasteiger partial charge in [-0.3, -0.25) is 0 Å². The fourth-order valence-corrected chi connectivity index (χ4v) is 3.39. The monoisotopic (exact) mass is 375 g/mol. The van der Waals surface area contributed by atoms with Crippen LogP contribution in [-0.2, 0) is 6.54 Å². The third-order valence-corrected chi connectivity index (χ3v) is 4.95. The topological polar surface area (TPSA) is 44.4 Å². The van der Waals surface area contributed by atoms with Crippen LogP contribution >= 0.6 is 11.6 Å². The van der Waals surface area contributed by atoms with Gasteiger partial charge in [0.1, 0.15) is 5.82 Å². The molecular weight excluding hydrogens is 353 g/mol. The summed E-state index contributed by atoms with van der Waals surface area (Å²) < 4.78 is 12.9. The van der Waals surface area contributed by atoms with Gasteiger partial charge in [-0.1, -0.05) is 29.8 Å². The molecule has 1 unspecified atom stereocenters. The summed E-state index contributed by atoms with van der Waals surface area (Å²) in [5, 5.41) is 6.47. The van der Waals surface area contributed by atoms with E-state index in [1.807, 2.05) is 18.2 Å². The molecule has 1 heterocycles. The normalized spacial score (nSPS) is 16.6. The predicted octanol–water partition coefficient (Wildman–Crippen LogP) is 4.11. The highest BCUT2D eigenvalue weighted by molar-refractivity contribution is 6.30. The molecule has 2 aromatic carbocycles. The van der Waals surface area contributed by atoms with Crippen molar-refractivity contribution in [1.29, 1.82) is 0 Å². The maximum atomic E-state index is 12.9. The van der Waals surface area contributed by atoms with Crippen molar-refractivity contribution in [3.63, 3.8) is 0 Å². The third-order valence-electron chi connectivity index (χ3n) is 4.72. The molecule has 1 aliphatic heterocycles. The number of amides is 2. The van der Waals surface area contributed by atoms with Crippen LogP contribution in [-0.4, -0.2) is 25.7 Å². The lowest BCUT2D eigenvalue weighted by Gasteiger charge is -2.21. The summed E-state index contributed by atoms with van der Waals surface area (Å²) in [6.45, 7) is 4.96. The summed E-state index contributed by atoms with van der Waals surface area (Å²) >= 11 is 6.12. The minimum atomic E-state index is -0.279. The first kappa shape index (κ1) is 18.5. The van der Waals surface area contributed by atoms with E-state index in [1.165, 1.54) is 23.4 Å². The molecule has 0 radical (unpaired) electrons. The smallest absolute Gasteiger partial charge is 0.315 e. The van der Waals surface area contributed by atoms with Gasteiger partial charge in [0.05, 0.1) is 0 Å². The second-order valence-electron chi connectivity index (χ2n) is 6.72. The van der Waals surface area contributed by atoms with Crippen LogP contribution in [0.15, 0.2) is 42.5 Å². The number of aryl methyl sites for hydroxylation is 1. The lowest BCUT2D eigenvalue weighted by atomic mass is 10.1. The number of hydrogen-bond donors (Lipinski definition) is 2. The minimum Gasteiger partial charge on any atom is -0.371 e. The fraction of sp³-hybridized carbons (Fsp3) is 0.350. The number of rotatable bonds is 5. The molecule has 26 heavy (non-hydrogen) atoms. The molecule has 0 bridgehead atoms. The maximum absolute atomic E-state index is 12.9. The Bertz CT molecular complexity index is 766. The molecular formula is C20H23ClFN3O. The molecule has 6 heteroatoms. The average Bonchev–Trinajstić information content (AvgIpc) is 3.10. The Hall–Kier alpha value is -2.27. The molecule has 3 rings (SSSR count). The van der Waals surface area contributed by atoms with E-state index in [1.54, 1.807) is 12.1 Å². The van der Waals surface area contributed by atoms with E-state index in [4.69, 9.17) is 11.6 Å². The van der Waals surface area contributed by atoms with Crippen LogP contribution < -0.4 is 15.5 Å². The zero-order valence-electron chi connectivity index (χ0n) is 14.8. The lowest BCUT2D eigenvalue weighted by Crippen LogP contribution is -2.38. The van der Waals surface area contributed by atoms with Crippen molar-refractivity contribution in [2.24, 2.45) is 5.92 Å². The predicted molar refractivity (Wildman–Crippen MR) is 103 cm³/mol. The van der Waals surface area contributed by atoms with Gasteiger partial charge in [-0.05, 0) is 54.7 Å². The van der Waals surface area contributed by atoms with E-state index in [0.29, 0.717) is 19.0 Å². The summed E-state index contributed by atoms with van der Waals surface area (Å²) in [5.41, 5.74) is 3.24. The summed E-state index contributed by atoms with van der Waals surface area (Å²) in [4.78, 5) is 14.3. The second-order valence-corrected chi connectivity index (χ2v) is 7.16. The van der Waals surface area contributed by atoms with Gasteiger partial charge >= 0.3 is 6.03 Å². The molecule has 1 atom stereocenters. The highest BCUT2D eigenvalue weighted by Gasteiger charge is 2.24. The van der Waals surface area contributed by atoms with E-state index in [2.05, 4.69) is 22.5 Å². The molecule has 2 amide bonds. The van der Waals surface area contributed by atoms with Crippen molar-refractivity contribution < 1.29 is 9.18 Å². The quantitative estimate of drug-likeness (QED) is 0.825. The summed E-state index contributed by atoms with van der Waals surface area (Å²) in [6.07, 6.45) is 1.03. The molecule has 2 N–H and O–H groups in total. The number of carbonyl (C=O) groups is 1. The average molecular weight is 376 g/mol. The van der Waals surface area contributed by atoms with Gasteiger partial charge in [-0.25, -0.2) is 9.18 Å². The van der Waals surface area contributed by atoms with Crippen LogP contribution in [0.3, 0.4) is 0 Å². The zero-order valence-corrected chi connectivity index (χ0v) is 15.5. The number of carbonyl (C=O) groups excluding carboxylic acids is 1. The van der Waals surface area contributed by atoms with Crippen LogP contribution in [0.2, 0.25) is 5.02 Å².